The van der Waals surface area contributed by atoms with Gasteiger partial charge in [-0.15, -0.1) is 11.6 Å². The monoisotopic (exact) mass is 194 g/mol. The van der Waals surface area contributed by atoms with Crippen LogP contribution >= 0.6 is 11.6 Å². The first kappa shape index (κ1) is 11.7. The second-order valence-electron chi connectivity index (χ2n) is 2.77. The molecule has 0 aromatic rings. The molecule has 0 aliphatic rings. The van der Waals surface area contributed by atoms with Crippen molar-refractivity contribution in [3.05, 3.63) is 0 Å². The van der Waals surface area contributed by atoms with Gasteiger partial charge in [0.25, 0.3) is 0 Å². The third kappa shape index (κ3) is 7.82. The Bertz CT molecular complexity index is 127. The number of halogens is 1. The summed E-state index contributed by atoms with van der Waals surface area (Å²) in [5, 5.41) is 17.5. The van der Waals surface area contributed by atoms with Crippen molar-refractivity contribution in [1.29, 1.82) is 0 Å². The number of aliphatic carboxylic acids is 1. The van der Waals surface area contributed by atoms with Crippen LogP contribution in [0.1, 0.15) is 32.1 Å². The number of rotatable bonds is 7. The lowest BCUT2D eigenvalue weighted by atomic mass is 10.1. The molecule has 72 valence electrons. The molecule has 12 heavy (non-hydrogen) atoms. The SMILES string of the molecule is O=C(O)CCCC[C@@H](O)CCCl. The molecule has 0 spiro atoms. The standard InChI is InChI=1S/C8H15ClO3/c9-6-5-7(10)3-1-2-4-8(11)12/h7,10H,1-6H2,(H,11,12)/t7-/m1/s1. The fraction of sp³-hybridized carbons (Fsp3) is 0.875. The number of hydrogen-bond acceptors (Lipinski definition) is 2. The van der Waals surface area contributed by atoms with Crippen LogP contribution in [0.15, 0.2) is 0 Å². The van der Waals surface area contributed by atoms with Gasteiger partial charge in [-0.2, -0.15) is 0 Å². The van der Waals surface area contributed by atoms with Gasteiger partial charge in [-0.25, -0.2) is 0 Å². The van der Waals surface area contributed by atoms with Crippen LogP contribution in [0.5, 0.6) is 0 Å². The Kier molecular flexibility index (Phi) is 7.20. The van der Waals surface area contributed by atoms with Gasteiger partial charge in [0.1, 0.15) is 0 Å². The first-order chi connectivity index (χ1) is 5.66. The topological polar surface area (TPSA) is 57.5 Å². The van der Waals surface area contributed by atoms with Gasteiger partial charge in [0.2, 0.25) is 0 Å². The van der Waals surface area contributed by atoms with Crippen molar-refractivity contribution in [2.45, 2.75) is 38.2 Å². The summed E-state index contributed by atoms with van der Waals surface area (Å²) in [5.74, 6) is -0.318. The predicted octanol–water partition coefficient (Wildman–Crippen LogP) is 1.62. The molecule has 4 heteroatoms. The first-order valence-electron chi connectivity index (χ1n) is 4.12. The fourth-order valence-corrected chi connectivity index (χ4v) is 1.18. The summed E-state index contributed by atoms with van der Waals surface area (Å²) in [7, 11) is 0. The van der Waals surface area contributed by atoms with E-state index in [1.807, 2.05) is 0 Å². The lowest BCUT2D eigenvalue weighted by Crippen LogP contribution is -2.07. The summed E-state index contributed by atoms with van der Waals surface area (Å²) in [6, 6.07) is 0. The van der Waals surface area contributed by atoms with Gasteiger partial charge < -0.3 is 10.2 Å². The maximum absolute atomic E-state index is 10.1. The molecule has 0 unspecified atom stereocenters. The van der Waals surface area contributed by atoms with Crippen molar-refractivity contribution in [2.24, 2.45) is 0 Å². The van der Waals surface area contributed by atoms with Crippen LogP contribution in [-0.2, 0) is 4.79 Å². The van der Waals surface area contributed by atoms with Crippen LogP contribution in [0.4, 0.5) is 0 Å². The molecular formula is C8H15ClO3. The van der Waals surface area contributed by atoms with Crippen molar-refractivity contribution < 1.29 is 15.0 Å². The number of aliphatic hydroxyl groups excluding tert-OH is 1. The molecule has 0 bridgehead atoms. The largest absolute Gasteiger partial charge is 0.481 e. The average molecular weight is 195 g/mol. The Morgan fingerprint density at radius 1 is 1.33 bits per heavy atom. The van der Waals surface area contributed by atoms with E-state index in [4.69, 9.17) is 16.7 Å². The normalized spacial score (nSPS) is 12.8. The van der Waals surface area contributed by atoms with Crippen molar-refractivity contribution in [3.63, 3.8) is 0 Å². The maximum Gasteiger partial charge on any atom is 0.303 e. The number of hydrogen-bond donors (Lipinski definition) is 2. The summed E-state index contributed by atoms with van der Waals surface area (Å²) in [6.07, 6.45) is 2.46. The summed E-state index contributed by atoms with van der Waals surface area (Å²) < 4.78 is 0. The van der Waals surface area contributed by atoms with Crippen LogP contribution in [0, 0.1) is 0 Å². The van der Waals surface area contributed by atoms with Gasteiger partial charge in [-0.3, -0.25) is 4.79 Å². The number of carbonyl (C=O) groups is 1. The Balaban J connectivity index is 3.13. The van der Waals surface area contributed by atoms with Gasteiger partial charge in [-0.05, 0) is 19.3 Å². The number of unbranched alkanes of at least 4 members (excludes halogenated alkanes) is 1. The molecular weight excluding hydrogens is 180 g/mol. The zero-order valence-electron chi connectivity index (χ0n) is 7.00. The fourth-order valence-electron chi connectivity index (χ4n) is 0.926. The molecule has 0 aliphatic carbocycles. The molecule has 0 radical (unpaired) electrons. The zero-order chi connectivity index (χ0) is 9.40. The van der Waals surface area contributed by atoms with Gasteiger partial charge in [0.15, 0.2) is 0 Å². The number of aliphatic hydroxyl groups is 1. The molecule has 0 amide bonds. The van der Waals surface area contributed by atoms with Crippen molar-refractivity contribution >= 4 is 17.6 Å². The van der Waals surface area contributed by atoms with Gasteiger partial charge in [0.05, 0.1) is 6.10 Å². The molecule has 3 nitrogen and oxygen atoms in total. The Morgan fingerprint density at radius 2 is 2.00 bits per heavy atom. The van der Waals surface area contributed by atoms with Gasteiger partial charge in [-0.1, -0.05) is 6.42 Å². The summed E-state index contributed by atoms with van der Waals surface area (Å²) in [6.45, 7) is 0. The highest BCUT2D eigenvalue weighted by Crippen LogP contribution is 2.06. The van der Waals surface area contributed by atoms with Crippen molar-refractivity contribution in [1.82, 2.24) is 0 Å². The molecule has 0 saturated heterocycles. The maximum atomic E-state index is 10.1. The van der Waals surface area contributed by atoms with E-state index in [1.165, 1.54) is 0 Å². The minimum atomic E-state index is -0.776. The van der Waals surface area contributed by atoms with Crippen LogP contribution in [0.25, 0.3) is 0 Å². The van der Waals surface area contributed by atoms with E-state index in [0.29, 0.717) is 25.1 Å². The number of carboxylic acid groups (broad SMARTS) is 1. The highest BCUT2D eigenvalue weighted by molar-refractivity contribution is 6.17. The third-order valence-electron chi connectivity index (χ3n) is 1.62. The predicted molar refractivity (Wildman–Crippen MR) is 47.4 cm³/mol. The Morgan fingerprint density at radius 3 is 2.50 bits per heavy atom. The molecule has 0 rings (SSSR count). The Labute approximate surface area is 77.3 Å². The minimum Gasteiger partial charge on any atom is -0.481 e. The van der Waals surface area contributed by atoms with E-state index in [2.05, 4.69) is 0 Å². The summed E-state index contributed by atoms with van der Waals surface area (Å²) in [5.41, 5.74) is 0. The second kappa shape index (κ2) is 7.37. The third-order valence-corrected chi connectivity index (χ3v) is 1.84. The molecule has 0 saturated carbocycles. The molecule has 0 aromatic carbocycles. The molecule has 0 heterocycles. The quantitative estimate of drug-likeness (QED) is 0.478. The van der Waals surface area contributed by atoms with Gasteiger partial charge >= 0.3 is 5.97 Å². The van der Waals surface area contributed by atoms with Gasteiger partial charge in [0, 0.05) is 12.3 Å². The smallest absolute Gasteiger partial charge is 0.303 e. The van der Waals surface area contributed by atoms with E-state index in [9.17, 15) is 9.90 Å². The first-order valence-corrected chi connectivity index (χ1v) is 4.66. The zero-order valence-corrected chi connectivity index (χ0v) is 7.76. The molecule has 0 aliphatic heterocycles. The van der Waals surface area contributed by atoms with Crippen molar-refractivity contribution in [3.8, 4) is 0 Å². The second-order valence-corrected chi connectivity index (χ2v) is 3.15. The van der Waals surface area contributed by atoms with Crippen molar-refractivity contribution in [2.75, 3.05) is 5.88 Å². The lowest BCUT2D eigenvalue weighted by molar-refractivity contribution is -0.137. The van der Waals surface area contributed by atoms with Crippen LogP contribution in [-0.4, -0.2) is 28.2 Å². The summed E-state index contributed by atoms with van der Waals surface area (Å²) >= 11 is 5.41. The molecule has 0 aromatic heterocycles. The van der Waals surface area contributed by atoms with E-state index in [-0.39, 0.29) is 12.5 Å². The highest BCUT2D eigenvalue weighted by atomic mass is 35.5. The van der Waals surface area contributed by atoms with E-state index in [0.717, 1.165) is 6.42 Å². The number of alkyl halides is 1. The van der Waals surface area contributed by atoms with Crippen LogP contribution in [0.2, 0.25) is 0 Å². The summed E-state index contributed by atoms with van der Waals surface area (Å²) in [4.78, 5) is 10.1. The lowest BCUT2D eigenvalue weighted by Gasteiger charge is -2.06. The molecule has 2 N–H and O–H groups in total. The van der Waals surface area contributed by atoms with E-state index in [1.54, 1.807) is 0 Å². The number of carboxylic acids is 1. The Hall–Kier alpha value is -0.280. The minimum absolute atomic E-state index is 0.188. The van der Waals surface area contributed by atoms with Crippen LogP contribution in [0.3, 0.4) is 0 Å². The molecule has 0 fully saturated rings. The van der Waals surface area contributed by atoms with Crippen LogP contribution < -0.4 is 0 Å². The van der Waals surface area contributed by atoms with E-state index < -0.39 is 5.97 Å². The highest BCUT2D eigenvalue weighted by Gasteiger charge is 2.03. The average Bonchev–Trinajstić information content (AvgIpc) is 1.98. The molecule has 1 atom stereocenters. The van der Waals surface area contributed by atoms with E-state index >= 15 is 0 Å².